The summed E-state index contributed by atoms with van der Waals surface area (Å²) in [5, 5.41) is 2.70. The number of nitrogens with one attached hydrogen (secondary N) is 3. The van der Waals surface area contributed by atoms with E-state index in [1.807, 2.05) is 30.3 Å². The Bertz CT molecular complexity index is 1360. The standard InChI is InChI=1S/C22H20N4O4S/c27-21(23-17-11-12-19-20(13-17)25-22(28)24-19)15-26(14-16-7-3-1-4-8-16)31(29,30)18-9-5-2-6-10-18/h1-13H,14-15H2,(H,23,27)(H2,24,25,28). The fourth-order valence-electron chi connectivity index (χ4n) is 3.23. The van der Waals surface area contributed by atoms with Gasteiger partial charge in [0.2, 0.25) is 15.9 Å². The molecule has 31 heavy (non-hydrogen) atoms. The Morgan fingerprint density at radius 3 is 2.23 bits per heavy atom. The first-order valence-electron chi connectivity index (χ1n) is 9.53. The van der Waals surface area contributed by atoms with Crippen LogP contribution in [0.3, 0.4) is 0 Å². The number of aromatic amines is 2. The van der Waals surface area contributed by atoms with Gasteiger partial charge in [0.15, 0.2) is 0 Å². The SMILES string of the molecule is O=C(CN(Cc1ccccc1)S(=O)(=O)c1ccccc1)Nc1ccc2[nH]c(=O)[nH]c2c1. The molecule has 3 N–H and O–H groups in total. The second-order valence-electron chi connectivity index (χ2n) is 6.96. The van der Waals surface area contributed by atoms with Crippen molar-refractivity contribution in [1.82, 2.24) is 14.3 Å². The first-order chi connectivity index (χ1) is 14.9. The zero-order chi connectivity index (χ0) is 21.8. The van der Waals surface area contributed by atoms with Crippen LogP contribution in [0.4, 0.5) is 5.69 Å². The molecular weight excluding hydrogens is 416 g/mol. The highest BCUT2D eigenvalue weighted by molar-refractivity contribution is 7.89. The molecule has 0 aliphatic heterocycles. The third kappa shape index (κ3) is 4.73. The zero-order valence-electron chi connectivity index (χ0n) is 16.4. The molecule has 0 bridgehead atoms. The van der Waals surface area contributed by atoms with E-state index in [9.17, 15) is 18.0 Å². The van der Waals surface area contributed by atoms with Crippen molar-refractivity contribution < 1.29 is 13.2 Å². The highest BCUT2D eigenvalue weighted by atomic mass is 32.2. The molecule has 4 rings (SSSR count). The molecule has 9 heteroatoms. The minimum Gasteiger partial charge on any atom is -0.325 e. The lowest BCUT2D eigenvalue weighted by Gasteiger charge is -2.22. The topological polar surface area (TPSA) is 115 Å². The van der Waals surface area contributed by atoms with Gasteiger partial charge in [0.05, 0.1) is 22.5 Å². The van der Waals surface area contributed by atoms with E-state index in [0.29, 0.717) is 16.7 Å². The van der Waals surface area contributed by atoms with Crippen LogP contribution in [0.5, 0.6) is 0 Å². The molecule has 0 radical (unpaired) electrons. The molecule has 0 aliphatic carbocycles. The van der Waals surface area contributed by atoms with Gasteiger partial charge >= 0.3 is 5.69 Å². The van der Waals surface area contributed by atoms with Crippen molar-refractivity contribution in [2.24, 2.45) is 0 Å². The quantitative estimate of drug-likeness (QED) is 0.413. The molecule has 0 unspecified atom stereocenters. The number of hydrogen-bond donors (Lipinski definition) is 3. The third-order valence-electron chi connectivity index (χ3n) is 4.70. The molecule has 0 aliphatic rings. The maximum Gasteiger partial charge on any atom is 0.323 e. The van der Waals surface area contributed by atoms with Crippen LogP contribution in [0.2, 0.25) is 0 Å². The summed E-state index contributed by atoms with van der Waals surface area (Å²) in [6, 6.07) is 22.0. The van der Waals surface area contributed by atoms with Crippen LogP contribution < -0.4 is 11.0 Å². The van der Waals surface area contributed by atoms with Crippen molar-refractivity contribution in [3.05, 3.63) is 94.9 Å². The molecule has 1 amide bonds. The molecule has 0 spiro atoms. The number of carbonyl (C=O) groups is 1. The Morgan fingerprint density at radius 2 is 1.52 bits per heavy atom. The van der Waals surface area contributed by atoms with Crippen LogP contribution in [0.25, 0.3) is 11.0 Å². The first-order valence-corrected chi connectivity index (χ1v) is 11.0. The maximum absolute atomic E-state index is 13.2. The number of sulfonamides is 1. The summed E-state index contributed by atoms with van der Waals surface area (Å²) in [6.07, 6.45) is 0. The predicted molar refractivity (Wildman–Crippen MR) is 118 cm³/mol. The van der Waals surface area contributed by atoms with Crippen molar-refractivity contribution in [2.75, 3.05) is 11.9 Å². The number of nitrogens with zero attached hydrogens (tertiary/aromatic N) is 1. The van der Waals surface area contributed by atoms with E-state index in [-0.39, 0.29) is 23.7 Å². The molecule has 1 heterocycles. The molecule has 0 saturated heterocycles. The summed E-state index contributed by atoms with van der Waals surface area (Å²) >= 11 is 0. The summed E-state index contributed by atoms with van der Waals surface area (Å²) in [4.78, 5) is 29.5. The van der Waals surface area contributed by atoms with Gasteiger partial charge in [-0.2, -0.15) is 4.31 Å². The Labute approximate surface area is 178 Å². The van der Waals surface area contributed by atoms with E-state index in [0.717, 1.165) is 9.87 Å². The number of benzene rings is 3. The molecule has 1 aromatic heterocycles. The summed E-state index contributed by atoms with van der Waals surface area (Å²) < 4.78 is 27.6. The smallest absolute Gasteiger partial charge is 0.323 e. The Kier molecular flexibility index (Phi) is 5.70. The number of hydrogen-bond acceptors (Lipinski definition) is 4. The van der Waals surface area contributed by atoms with Crippen LogP contribution in [0.1, 0.15) is 5.56 Å². The van der Waals surface area contributed by atoms with E-state index < -0.39 is 15.9 Å². The maximum atomic E-state index is 13.2. The van der Waals surface area contributed by atoms with Crippen LogP contribution in [0, 0.1) is 0 Å². The summed E-state index contributed by atoms with van der Waals surface area (Å²) in [7, 11) is -3.90. The molecular formula is C22H20N4O4S. The Morgan fingerprint density at radius 1 is 0.871 bits per heavy atom. The molecule has 8 nitrogen and oxygen atoms in total. The lowest BCUT2D eigenvalue weighted by atomic mass is 10.2. The average Bonchev–Trinajstić information content (AvgIpc) is 3.14. The van der Waals surface area contributed by atoms with E-state index in [1.54, 1.807) is 36.4 Å². The summed E-state index contributed by atoms with van der Waals surface area (Å²) in [5.74, 6) is -0.493. The minimum atomic E-state index is -3.90. The zero-order valence-corrected chi connectivity index (χ0v) is 17.2. The number of amides is 1. The number of anilines is 1. The van der Waals surface area contributed by atoms with E-state index in [1.165, 1.54) is 12.1 Å². The lowest BCUT2D eigenvalue weighted by Crippen LogP contribution is -2.37. The van der Waals surface area contributed by atoms with Crippen LogP contribution in [-0.4, -0.2) is 35.1 Å². The largest absolute Gasteiger partial charge is 0.325 e. The highest BCUT2D eigenvalue weighted by Crippen LogP contribution is 2.19. The van der Waals surface area contributed by atoms with Crippen LogP contribution in [0.15, 0.2) is 88.6 Å². The normalized spacial score (nSPS) is 11.6. The van der Waals surface area contributed by atoms with Crippen molar-refractivity contribution in [2.45, 2.75) is 11.4 Å². The Balaban J connectivity index is 1.58. The van der Waals surface area contributed by atoms with Gasteiger partial charge in [-0.25, -0.2) is 13.2 Å². The van der Waals surface area contributed by atoms with E-state index >= 15 is 0 Å². The van der Waals surface area contributed by atoms with Crippen molar-refractivity contribution in [3.63, 3.8) is 0 Å². The minimum absolute atomic E-state index is 0.0512. The van der Waals surface area contributed by atoms with Gasteiger partial charge in [0.25, 0.3) is 0 Å². The number of aromatic nitrogens is 2. The van der Waals surface area contributed by atoms with Gasteiger partial charge < -0.3 is 15.3 Å². The van der Waals surface area contributed by atoms with Gasteiger partial charge in [-0.15, -0.1) is 0 Å². The first kappa shape index (κ1) is 20.6. The molecule has 0 atom stereocenters. The molecule has 158 valence electrons. The van der Waals surface area contributed by atoms with Crippen molar-refractivity contribution in [3.8, 4) is 0 Å². The van der Waals surface area contributed by atoms with Gasteiger partial charge in [-0.1, -0.05) is 48.5 Å². The average molecular weight is 436 g/mol. The monoisotopic (exact) mass is 436 g/mol. The molecule has 0 fully saturated rings. The molecule has 0 saturated carbocycles. The van der Waals surface area contributed by atoms with Gasteiger partial charge in [-0.05, 0) is 35.9 Å². The summed E-state index contributed by atoms with van der Waals surface area (Å²) in [6.45, 7) is -0.316. The number of rotatable bonds is 7. The van der Waals surface area contributed by atoms with Gasteiger partial charge in [0.1, 0.15) is 0 Å². The fraction of sp³-hybridized carbons (Fsp3) is 0.0909. The second-order valence-corrected chi connectivity index (χ2v) is 8.90. The molecule has 3 aromatic carbocycles. The predicted octanol–water partition coefficient (Wildman–Crippen LogP) is 2.69. The Hall–Kier alpha value is -3.69. The number of imidazole rings is 1. The lowest BCUT2D eigenvalue weighted by molar-refractivity contribution is -0.116. The highest BCUT2D eigenvalue weighted by Gasteiger charge is 2.26. The second kappa shape index (κ2) is 8.58. The summed E-state index contributed by atoms with van der Waals surface area (Å²) in [5.41, 5.74) is 2.02. The third-order valence-corrected chi connectivity index (χ3v) is 6.51. The van der Waals surface area contributed by atoms with E-state index in [2.05, 4.69) is 15.3 Å². The van der Waals surface area contributed by atoms with E-state index in [4.69, 9.17) is 0 Å². The van der Waals surface area contributed by atoms with Gasteiger partial charge in [0, 0.05) is 12.2 Å². The van der Waals surface area contributed by atoms with Crippen molar-refractivity contribution >= 4 is 32.7 Å². The van der Waals surface area contributed by atoms with Crippen LogP contribution in [-0.2, 0) is 21.4 Å². The fourth-order valence-corrected chi connectivity index (χ4v) is 4.63. The van der Waals surface area contributed by atoms with Crippen LogP contribution >= 0.6 is 0 Å². The molecule has 4 aromatic rings. The van der Waals surface area contributed by atoms with Crippen molar-refractivity contribution in [1.29, 1.82) is 0 Å². The van der Waals surface area contributed by atoms with Gasteiger partial charge in [-0.3, -0.25) is 4.79 Å². The number of fused-ring (bicyclic) bond motifs is 1. The number of H-pyrrole nitrogens is 2. The number of carbonyl (C=O) groups excluding carboxylic acids is 1.